The van der Waals surface area contributed by atoms with E-state index in [1.54, 1.807) is 0 Å². The Kier molecular flexibility index (Phi) is 2.51. The maximum atomic E-state index is 12.4. The maximum Gasteiger partial charge on any atom is 0.115 e. The van der Waals surface area contributed by atoms with Gasteiger partial charge >= 0.3 is 0 Å². The van der Waals surface area contributed by atoms with Crippen LogP contribution < -0.4 is 0 Å². The Labute approximate surface area is 73.4 Å². The summed E-state index contributed by atoms with van der Waals surface area (Å²) in [5.74, 6) is 0. The molecule has 1 aromatic carbocycles. The minimum absolute atomic E-state index is 0.409. The molecule has 0 aliphatic carbocycles. The molecule has 0 nitrogen and oxygen atoms in total. The molecule has 1 aromatic rings. The van der Waals surface area contributed by atoms with Gasteiger partial charge in [-0.2, -0.15) is 0 Å². The number of halogens is 1. The molecule has 0 unspecified atom stereocenters. The van der Waals surface area contributed by atoms with Crippen molar-refractivity contribution in [2.24, 2.45) is 0 Å². The SMILES string of the molecule is Cc1[c]c(CF)c(C)c(C)c1C. The summed E-state index contributed by atoms with van der Waals surface area (Å²) in [6.07, 6.45) is 0. The van der Waals surface area contributed by atoms with Crippen LogP contribution in [-0.2, 0) is 6.67 Å². The third-order valence-electron chi connectivity index (χ3n) is 2.61. The molecule has 0 aliphatic heterocycles. The van der Waals surface area contributed by atoms with Crippen molar-refractivity contribution in [3.05, 3.63) is 33.9 Å². The zero-order valence-corrected chi connectivity index (χ0v) is 8.09. The van der Waals surface area contributed by atoms with Crippen molar-refractivity contribution in [1.29, 1.82) is 0 Å². The van der Waals surface area contributed by atoms with Crippen LogP contribution in [-0.4, -0.2) is 0 Å². The molecule has 0 atom stereocenters. The number of hydrogen-bond acceptors (Lipinski definition) is 0. The molecule has 0 spiro atoms. The molecule has 0 fully saturated rings. The summed E-state index contributed by atoms with van der Waals surface area (Å²) < 4.78 is 12.4. The molecule has 0 aromatic heterocycles. The van der Waals surface area contributed by atoms with E-state index in [1.807, 2.05) is 20.8 Å². The molecule has 0 amide bonds. The van der Waals surface area contributed by atoms with Crippen LogP contribution >= 0.6 is 0 Å². The van der Waals surface area contributed by atoms with Crippen LogP contribution in [0.1, 0.15) is 27.8 Å². The predicted molar refractivity (Wildman–Crippen MR) is 49.0 cm³/mol. The second-order valence-corrected chi connectivity index (χ2v) is 3.24. The first-order chi connectivity index (χ1) is 5.57. The monoisotopic (exact) mass is 165 g/mol. The van der Waals surface area contributed by atoms with Crippen LogP contribution in [0.4, 0.5) is 4.39 Å². The highest BCUT2D eigenvalue weighted by molar-refractivity contribution is 5.42. The number of rotatable bonds is 1. The summed E-state index contributed by atoms with van der Waals surface area (Å²) in [5, 5.41) is 0. The first kappa shape index (κ1) is 9.24. The summed E-state index contributed by atoms with van der Waals surface area (Å²) >= 11 is 0. The topological polar surface area (TPSA) is 0 Å². The highest BCUT2D eigenvalue weighted by Crippen LogP contribution is 2.20. The molecule has 65 valence electrons. The fourth-order valence-electron chi connectivity index (χ4n) is 1.34. The normalized spacial score (nSPS) is 10.4. The van der Waals surface area contributed by atoms with E-state index < -0.39 is 6.67 Å². The van der Waals surface area contributed by atoms with Crippen LogP contribution in [0.2, 0.25) is 0 Å². The van der Waals surface area contributed by atoms with Gasteiger partial charge < -0.3 is 0 Å². The number of aryl methyl sites for hydroxylation is 1. The van der Waals surface area contributed by atoms with E-state index in [4.69, 9.17) is 0 Å². The van der Waals surface area contributed by atoms with E-state index >= 15 is 0 Å². The number of hydrogen-bond donors (Lipinski definition) is 0. The summed E-state index contributed by atoms with van der Waals surface area (Å²) in [4.78, 5) is 0. The quantitative estimate of drug-likeness (QED) is 0.599. The lowest BCUT2D eigenvalue weighted by Gasteiger charge is -2.10. The van der Waals surface area contributed by atoms with Gasteiger partial charge in [0.15, 0.2) is 0 Å². The van der Waals surface area contributed by atoms with Gasteiger partial charge in [0.25, 0.3) is 0 Å². The first-order valence-corrected chi connectivity index (χ1v) is 4.12. The van der Waals surface area contributed by atoms with Crippen molar-refractivity contribution in [2.75, 3.05) is 0 Å². The largest absolute Gasteiger partial charge is 0.246 e. The number of alkyl halides is 1. The minimum Gasteiger partial charge on any atom is -0.246 e. The van der Waals surface area contributed by atoms with Gasteiger partial charge in [0.1, 0.15) is 6.67 Å². The Morgan fingerprint density at radius 1 is 1.00 bits per heavy atom. The van der Waals surface area contributed by atoms with E-state index in [0.717, 1.165) is 11.1 Å². The molecule has 12 heavy (non-hydrogen) atoms. The van der Waals surface area contributed by atoms with Crippen molar-refractivity contribution >= 4 is 0 Å². The van der Waals surface area contributed by atoms with Gasteiger partial charge in [-0.1, -0.05) is 0 Å². The third-order valence-corrected chi connectivity index (χ3v) is 2.61. The molecular weight excluding hydrogens is 151 g/mol. The standard InChI is InChI=1S/C11H14F/c1-7-5-11(6-12)10(4)9(3)8(7)2/h6H2,1-4H3. The van der Waals surface area contributed by atoms with Gasteiger partial charge in [0.05, 0.1) is 0 Å². The fourth-order valence-corrected chi connectivity index (χ4v) is 1.34. The first-order valence-electron chi connectivity index (χ1n) is 4.12. The van der Waals surface area contributed by atoms with Crippen molar-refractivity contribution in [1.82, 2.24) is 0 Å². The molecule has 0 bridgehead atoms. The molecule has 0 saturated heterocycles. The molecule has 1 rings (SSSR count). The molecular formula is C11H14F. The lowest BCUT2D eigenvalue weighted by molar-refractivity contribution is 0.482. The molecule has 1 radical (unpaired) electrons. The van der Waals surface area contributed by atoms with Gasteiger partial charge in [-0.15, -0.1) is 0 Å². The van der Waals surface area contributed by atoms with E-state index in [1.165, 1.54) is 11.1 Å². The van der Waals surface area contributed by atoms with Gasteiger partial charge in [0.2, 0.25) is 0 Å². The Balaban J connectivity index is 3.39. The van der Waals surface area contributed by atoms with E-state index in [9.17, 15) is 4.39 Å². The molecule has 0 aliphatic rings. The zero-order valence-electron chi connectivity index (χ0n) is 8.09. The van der Waals surface area contributed by atoms with Crippen molar-refractivity contribution < 1.29 is 4.39 Å². The van der Waals surface area contributed by atoms with Crippen molar-refractivity contribution in [2.45, 2.75) is 34.4 Å². The molecule has 0 saturated carbocycles. The average Bonchev–Trinajstić information content (AvgIpc) is 2.08. The van der Waals surface area contributed by atoms with Crippen LogP contribution in [0.5, 0.6) is 0 Å². The summed E-state index contributed by atoms with van der Waals surface area (Å²) in [7, 11) is 0. The maximum absolute atomic E-state index is 12.4. The lowest BCUT2D eigenvalue weighted by Crippen LogP contribution is -1.96. The van der Waals surface area contributed by atoms with E-state index in [0.29, 0.717) is 5.56 Å². The summed E-state index contributed by atoms with van der Waals surface area (Å²) in [6.45, 7) is 7.60. The molecule has 1 heteroatoms. The van der Waals surface area contributed by atoms with Crippen LogP contribution in [0.3, 0.4) is 0 Å². The predicted octanol–water partition coefficient (Wildman–Crippen LogP) is 3.19. The van der Waals surface area contributed by atoms with Gasteiger partial charge in [-0.05, 0) is 61.6 Å². The van der Waals surface area contributed by atoms with Crippen LogP contribution in [0.25, 0.3) is 0 Å². The molecule has 0 heterocycles. The Bertz CT molecular complexity index is 300. The number of benzene rings is 1. The van der Waals surface area contributed by atoms with Gasteiger partial charge in [-0.25, -0.2) is 4.39 Å². The van der Waals surface area contributed by atoms with E-state index in [2.05, 4.69) is 13.0 Å². The lowest BCUT2D eigenvalue weighted by atomic mass is 9.95. The Morgan fingerprint density at radius 3 is 2.08 bits per heavy atom. The minimum atomic E-state index is -0.409. The summed E-state index contributed by atoms with van der Waals surface area (Å²) in [6, 6.07) is 3.06. The second-order valence-electron chi connectivity index (χ2n) is 3.24. The second kappa shape index (κ2) is 3.26. The van der Waals surface area contributed by atoms with E-state index in [-0.39, 0.29) is 0 Å². The molecule has 0 N–H and O–H groups in total. The average molecular weight is 165 g/mol. The zero-order chi connectivity index (χ0) is 9.30. The Morgan fingerprint density at radius 2 is 1.58 bits per heavy atom. The van der Waals surface area contributed by atoms with Crippen molar-refractivity contribution in [3.8, 4) is 0 Å². The van der Waals surface area contributed by atoms with Crippen LogP contribution in [0, 0.1) is 33.8 Å². The third kappa shape index (κ3) is 1.36. The Hall–Kier alpha value is -0.850. The van der Waals surface area contributed by atoms with Gasteiger partial charge in [-0.3, -0.25) is 0 Å². The highest BCUT2D eigenvalue weighted by atomic mass is 19.1. The van der Waals surface area contributed by atoms with Crippen molar-refractivity contribution in [3.63, 3.8) is 0 Å². The summed E-state index contributed by atoms with van der Waals surface area (Å²) in [5.41, 5.74) is 5.23. The van der Waals surface area contributed by atoms with Crippen LogP contribution in [0.15, 0.2) is 0 Å². The smallest absolute Gasteiger partial charge is 0.115 e. The van der Waals surface area contributed by atoms with Gasteiger partial charge in [0, 0.05) is 0 Å². The highest BCUT2D eigenvalue weighted by Gasteiger charge is 2.06. The fraction of sp³-hybridized carbons (Fsp3) is 0.455.